The minimum Gasteiger partial charge on any atom is -0.481 e. The van der Waals surface area contributed by atoms with Crippen LogP contribution in [0.4, 0.5) is 13.2 Å². The Labute approximate surface area is 272 Å². The predicted molar refractivity (Wildman–Crippen MR) is 176 cm³/mol. The normalized spacial score (nSPS) is 21.2. The number of aliphatic imine (C=N–C) groups is 1. The summed E-state index contributed by atoms with van der Waals surface area (Å²) in [7, 11) is 0. The minimum atomic E-state index is -4.43. The molecular weight excluding hydrogens is 595 g/mol. The van der Waals surface area contributed by atoms with E-state index in [2.05, 4.69) is 39.9 Å². The summed E-state index contributed by atoms with van der Waals surface area (Å²) in [6, 6.07) is 6.90. The predicted octanol–water partition coefficient (Wildman–Crippen LogP) is 8.50. The van der Waals surface area contributed by atoms with E-state index < -0.39 is 29.3 Å². The smallest absolute Gasteiger partial charge is 0.412 e. The third-order valence-electron chi connectivity index (χ3n) is 8.62. The third-order valence-corrected chi connectivity index (χ3v) is 8.62. The number of benzene rings is 1. The maximum Gasteiger partial charge on any atom is 0.412 e. The zero-order valence-electron chi connectivity index (χ0n) is 28.5. The van der Waals surface area contributed by atoms with Crippen LogP contribution in [0, 0.1) is 17.3 Å². The van der Waals surface area contributed by atoms with Gasteiger partial charge < -0.3 is 15.3 Å². The van der Waals surface area contributed by atoms with E-state index in [9.17, 15) is 27.6 Å². The zero-order valence-corrected chi connectivity index (χ0v) is 28.5. The van der Waals surface area contributed by atoms with Gasteiger partial charge in [-0.15, -0.1) is 0 Å². The molecular formula is C36H52F3N3O4. The molecule has 2 amide bonds. The second-order valence-corrected chi connectivity index (χ2v) is 13.4. The number of aliphatic carboxylic acids is 1. The van der Waals surface area contributed by atoms with E-state index in [1.807, 2.05) is 0 Å². The molecule has 0 bridgehead atoms. The van der Waals surface area contributed by atoms with Gasteiger partial charge in [0, 0.05) is 36.6 Å². The van der Waals surface area contributed by atoms with Gasteiger partial charge in [-0.2, -0.15) is 13.2 Å². The van der Waals surface area contributed by atoms with Crippen LogP contribution >= 0.6 is 0 Å². The maximum absolute atomic E-state index is 14.0. The van der Waals surface area contributed by atoms with Crippen molar-refractivity contribution in [3.63, 3.8) is 0 Å². The van der Waals surface area contributed by atoms with Gasteiger partial charge in [-0.05, 0) is 81.4 Å². The number of carboxylic acids is 1. The topological polar surface area (TPSA) is 99.1 Å². The largest absolute Gasteiger partial charge is 0.481 e. The molecule has 1 aromatic carbocycles. The van der Waals surface area contributed by atoms with E-state index in [1.54, 1.807) is 48.2 Å². The number of carbonyl (C=O) groups is 3. The summed E-state index contributed by atoms with van der Waals surface area (Å²) in [5.74, 6) is -1.61. The van der Waals surface area contributed by atoms with E-state index in [4.69, 9.17) is 10.1 Å². The van der Waals surface area contributed by atoms with E-state index in [0.29, 0.717) is 30.7 Å². The zero-order chi connectivity index (χ0) is 34.7. The number of hydrogen-bond acceptors (Lipinski definition) is 4. The standard InChI is InChI=1S/C33H44F3N3O4.C3H8/c1-6-8-24(13-10-22(2)33(34,35)36)28-30(43)39(32(38-28)18-16-26(17-19-32)31(3,4)5)21-23-11-14-25(15-12-23)29(42)37-20-7-9-27(40)41;1-3-2/h6,8,10-12,14-15,24,26H,7,9,13,16-21H2,1-5H3,(H,37,42)(H,40,41);3H2,1-2H3/b8-6-,22-10+;. The molecule has 256 valence electrons. The lowest BCUT2D eigenvalue weighted by Gasteiger charge is -2.45. The molecule has 2 aliphatic rings. The van der Waals surface area contributed by atoms with E-state index in [-0.39, 0.29) is 48.9 Å². The van der Waals surface area contributed by atoms with Crippen molar-refractivity contribution in [3.8, 4) is 0 Å². The lowest BCUT2D eigenvalue weighted by Crippen LogP contribution is -2.49. The number of nitrogens with one attached hydrogen (secondary N) is 1. The lowest BCUT2D eigenvalue weighted by atomic mass is 9.69. The highest BCUT2D eigenvalue weighted by Gasteiger charge is 2.50. The van der Waals surface area contributed by atoms with Gasteiger partial charge in [-0.25, -0.2) is 0 Å². The number of alkyl halides is 3. The van der Waals surface area contributed by atoms with Gasteiger partial charge in [-0.3, -0.25) is 19.4 Å². The molecule has 1 unspecified atom stereocenters. The molecule has 0 aromatic heterocycles. The van der Waals surface area contributed by atoms with Crippen LogP contribution < -0.4 is 5.32 Å². The van der Waals surface area contributed by atoms with Gasteiger partial charge in [0.2, 0.25) is 0 Å². The van der Waals surface area contributed by atoms with Crippen molar-refractivity contribution < 1.29 is 32.7 Å². The number of carboxylic acid groups (broad SMARTS) is 1. The van der Waals surface area contributed by atoms with Crippen molar-refractivity contribution >= 4 is 23.5 Å². The summed E-state index contributed by atoms with van der Waals surface area (Å²) >= 11 is 0. The molecule has 1 fully saturated rings. The Balaban J connectivity index is 0.00000236. The van der Waals surface area contributed by atoms with Crippen LogP contribution in [0.25, 0.3) is 0 Å². The van der Waals surface area contributed by atoms with Crippen LogP contribution in [0.1, 0.15) is 116 Å². The molecule has 1 aliphatic heterocycles. The first kappa shape index (κ1) is 38.8. The molecule has 1 saturated carbocycles. The van der Waals surface area contributed by atoms with Crippen molar-refractivity contribution in [3.05, 3.63) is 59.2 Å². The molecule has 46 heavy (non-hydrogen) atoms. The Hall–Kier alpha value is -3.43. The SMILES string of the molecule is C/C=C\C(C/C=C(\C)C(F)(F)F)C1=NC2(CCC(C(C)(C)C)CC2)N(Cc2ccc(C(=O)NCCCC(=O)O)cc2)C1=O.CCC. The Bertz CT molecular complexity index is 1270. The van der Waals surface area contributed by atoms with Crippen molar-refractivity contribution in [2.75, 3.05) is 6.54 Å². The van der Waals surface area contributed by atoms with Gasteiger partial charge in [0.15, 0.2) is 0 Å². The summed E-state index contributed by atoms with van der Waals surface area (Å²) in [5, 5.41) is 11.5. The van der Waals surface area contributed by atoms with Gasteiger partial charge in [0.05, 0.1) is 0 Å². The molecule has 7 nitrogen and oxygen atoms in total. The summed E-state index contributed by atoms with van der Waals surface area (Å²) in [4.78, 5) is 44.0. The van der Waals surface area contributed by atoms with Crippen LogP contribution in [0.15, 0.2) is 53.1 Å². The highest BCUT2D eigenvalue weighted by Crippen LogP contribution is 2.47. The highest BCUT2D eigenvalue weighted by molar-refractivity contribution is 6.41. The van der Waals surface area contributed by atoms with Crippen molar-refractivity contribution in [2.45, 2.75) is 118 Å². The first-order valence-electron chi connectivity index (χ1n) is 16.4. The number of hydrogen-bond donors (Lipinski definition) is 2. The Morgan fingerprint density at radius 3 is 2.22 bits per heavy atom. The molecule has 3 rings (SSSR count). The minimum absolute atomic E-state index is 0.0189. The summed E-state index contributed by atoms with van der Waals surface area (Å²) in [5.41, 5.74) is 0.159. The van der Waals surface area contributed by atoms with Crippen LogP contribution in [0.2, 0.25) is 0 Å². The van der Waals surface area contributed by atoms with Crippen LogP contribution in [-0.4, -0.2) is 51.9 Å². The Morgan fingerprint density at radius 1 is 1.13 bits per heavy atom. The van der Waals surface area contributed by atoms with Gasteiger partial charge >= 0.3 is 12.1 Å². The Morgan fingerprint density at radius 2 is 1.72 bits per heavy atom. The molecule has 1 aromatic rings. The van der Waals surface area contributed by atoms with Gasteiger partial charge in [-0.1, -0.05) is 71.4 Å². The molecule has 0 radical (unpaired) electrons. The molecule has 1 heterocycles. The van der Waals surface area contributed by atoms with Gasteiger partial charge in [0.25, 0.3) is 11.8 Å². The number of amides is 2. The highest BCUT2D eigenvalue weighted by atomic mass is 19.4. The fourth-order valence-electron chi connectivity index (χ4n) is 5.87. The fraction of sp³-hybridized carbons (Fsp3) is 0.611. The van der Waals surface area contributed by atoms with Crippen LogP contribution in [-0.2, 0) is 16.1 Å². The summed E-state index contributed by atoms with van der Waals surface area (Å²) in [6.07, 6.45) is 4.87. The molecule has 2 N–H and O–H groups in total. The molecule has 1 atom stereocenters. The van der Waals surface area contributed by atoms with E-state index >= 15 is 0 Å². The maximum atomic E-state index is 14.0. The summed E-state index contributed by atoms with van der Waals surface area (Å²) < 4.78 is 39.6. The molecule has 1 spiro atoms. The molecule has 10 heteroatoms. The van der Waals surface area contributed by atoms with Crippen molar-refractivity contribution in [1.82, 2.24) is 10.2 Å². The van der Waals surface area contributed by atoms with Crippen molar-refractivity contribution in [1.29, 1.82) is 0 Å². The first-order valence-corrected chi connectivity index (χ1v) is 16.4. The number of rotatable bonds is 11. The van der Waals surface area contributed by atoms with Gasteiger partial charge in [0.1, 0.15) is 11.4 Å². The average molecular weight is 648 g/mol. The monoisotopic (exact) mass is 647 g/mol. The molecule has 0 saturated heterocycles. The average Bonchev–Trinajstić information content (AvgIpc) is 3.23. The van der Waals surface area contributed by atoms with E-state index in [1.165, 1.54) is 6.42 Å². The quantitative estimate of drug-likeness (QED) is 0.186. The molecule has 1 aliphatic carbocycles. The number of allylic oxidation sites excluding steroid dienone is 4. The van der Waals surface area contributed by atoms with Crippen LogP contribution in [0.5, 0.6) is 0 Å². The Kier molecular flexibility index (Phi) is 14.3. The van der Waals surface area contributed by atoms with Crippen LogP contribution in [0.3, 0.4) is 0 Å². The van der Waals surface area contributed by atoms with Crippen molar-refractivity contribution in [2.24, 2.45) is 22.2 Å². The number of nitrogens with zero attached hydrogens (tertiary/aromatic N) is 2. The lowest BCUT2D eigenvalue weighted by molar-refractivity contribution is -0.137. The number of halogens is 3. The first-order chi connectivity index (χ1) is 21.5. The second-order valence-electron chi connectivity index (χ2n) is 13.4. The van der Waals surface area contributed by atoms with E-state index in [0.717, 1.165) is 31.4 Å². The summed E-state index contributed by atoms with van der Waals surface area (Å²) in [6.45, 7) is 14.2. The second kappa shape index (κ2) is 16.9. The fourth-order valence-corrected chi connectivity index (χ4v) is 5.87. The third kappa shape index (κ3) is 10.8. The number of carbonyl (C=O) groups excluding carboxylic acids is 2.